The number of unbranched alkanes of at least 4 members (excludes halogenated alkanes) is 1. The summed E-state index contributed by atoms with van der Waals surface area (Å²) in [6, 6.07) is 11.5. The fourth-order valence-electron chi connectivity index (χ4n) is 3.37. The van der Waals surface area contributed by atoms with Crippen molar-refractivity contribution in [1.82, 2.24) is 10.5 Å². The number of benzene rings is 2. The second-order valence-electron chi connectivity index (χ2n) is 7.50. The first-order chi connectivity index (χ1) is 15.1. The van der Waals surface area contributed by atoms with Crippen LogP contribution in [0, 0.1) is 0 Å². The van der Waals surface area contributed by atoms with Gasteiger partial charge in [-0.1, -0.05) is 24.6 Å². The Kier molecular flexibility index (Phi) is 8.55. The van der Waals surface area contributed by atoms with Gasteiger partial charge < -0.3 is 29.2 Å². The van der Waals surface area contributed by atoms with Crippen molar-refractivity contribution in [2.45, 2.75) is 38.7 Å². The summed E-state index contributed by atoms with van der Waals surface area (Å²) in [6.07, 6.45) is 3.28. The molecule has 1 aromatic heterocycles. The van der Waals surface area contributed by atoms with Crippen molar-refractivity contribution in [3.63, 3.8) is 0 Å². The first kappa shape index (κ1) is 22.9. The van der Waals surface area contributed by atoms with Crippen molar-refractivity contribution < 1.29 is 23.8 Å². The fraction of sp³-hybridized carbons (Fsp3) is 0.458. The first-order valence-electron chi connectivity index (χ1n) is 10.7. The zero-order valence-corrected chi connectivity index (χ0v) is 18.5. The number of nitrogens with one attached hydrogen (secondary N) is 1. The molecule has 1 atom stereocenters. The summed E-state index contributed by atoms with van der Waals surface area (Å²) >= 11 is 0. The molecule has 0 saturated carbocycles. The average molecular weight is 429 g/mol. The van der Waals surface area contributed by atoms with E-state index in [1.807, 2.05) is 36.4 Å². The van der Waals surface area contributed by atoms with Crippen LogP contribution in [0.2, 0.25) is 0 Å². The molecule has 7 heteroatoms. The Balaban J connectivity index is 1.42. The normalized spacial score (nSPS) is 12.1. The molecule has 7 nitrogen and oxygen atoms in total. The molecular weight excluding hydrogens is 396 g/mol. The van der Waals surface area contributed by atoms with Crippen LogP contribution in [0.25, 0.3) is 11.0 Å². The van der Waals surface area contributed by atoms with Gasteiger partial charge in [0.1, 0.15) is 18.5 Å². The maximum Gasteiger partial charge on any atom is 0.167 e. The second-order valence-corrected chi connectivity index (χ2v) is 7.50. The van der Waals surface area contributed by atoms with Crippen LogP contribution in [0.3, 0.4) is 0 Å². The van der Waals surface area contributed by atoms with Crippen LogP contribution in [0.1, 0.15) is 31.0 Å². The Morgan fingerprint density at radius 1 is 1.06 bits per heavy atom. The van der Waals surface area contributed by atoms with Crippen molar-refractivity contribution in [3.8, 4) is 17.2 Å². The molecule has 31 heavy (non-hydrogen) atoms. The molecule has 0 amide bonds. The summed E-state index contributed by atoms with van der Waals surface area (Å²) < 4.78 is 21.8. The molecule has 1 unspecified atom stereocenters. The van der Waals surface area contributed by atoms with E-state index >= 15 is 0 Å². The number of aliphatic hydroxyl groups is 1. The van der Waals surface area contributed by atoms with E-state index in [0.29, 0.717) is 18.0 Å². The zero-order chi connectivity index (χ0) is 22.1. The number of fused-ring (bicyclic) bond motifs is 1. The van der Waals surface area contributed by atoms with E-state index in [4.69, 9.17) is 18.7 Å². The monoisotopic (exact) mass is 428 g/mol. The maximum absolute atomic E-state index is 10.2. The lowest BCUT2D eigenvalue weighted by Gasteiger charge is -2.14. The highest BCUT2D eigenvalue weighted by Crippen LogP contribution is 2.27. The number of nitrogens with zero attached hydrogens (tertiary/aromatic N) is 1. The number of aliphatic hydroxyl groups excluding tert-OH is 1. The van der Waals surface area contributed by atoms with Crippen LogP contribution < -0.4 is 19.5 Å². The molecule has 0 aliphatic carbocycles. The molecule has 2 N–H and O–H groups in total. The van der Waals surface area contributed by atoms with Crippen LogP contribution >= 0.6 is 0 Å². The van der Waals surface area contributed by atoms with Gasteiger partial charge in [-0.15, -0.1) is 0 Å². The van der Waals surface area contributed by atoms with E-state index in [2.05, 4.69) is 17.4 Å². The Hall–Kier alpha value is -2.77. The molecule has 3 aromatic rings. The molecule has 0 fully saturated rings. The predicted octanol–water partition coefficient (Wildman–Crippen LogP) is 3.76. The average Bonchev–Trinajstić information content (AvgIpc) is 3.21. The topological polar surface area (TPSA) is 86.0 Å². The van der Waals surface area contributed by atoms with Crippen molar-refractivity contribution in [3.05, 3.63) is 47.7 Å². The van der Waals surface area contributed by atoms with E-state index in [-0.39, 0.29) is 6.61 Å². The molecule has 0 bridgehead atoms. The molecular formula is C24H32N2O5. The van der Waals surface area contributed by atoms with Crippen molar-refractivity contribution in [2.24, 2.45) is 0 Å². The highest BCUT2D eigenvalue weighted by molar-refractivity contribution is 5.81. The minimum Gasteiger partial charge on any atom is -0.493 e. The van der Waals surface area contributed by atoms with E-state index in [1.54, 1.807) is 14.2 Å². The summed E-state index contributed by atoms with van der Waals surface area (Å²) in [5.41, 5.74) is 2.85. The van der Waals surface area contributed by atoms with Gasteiger partial charge in [0.25, 0.3) is 0 Å². The molecule has 0 spiro atoms. The third-order valence-electron chi connectivity index (χ3n) is 5.14. The standard InChI is InChI=1S/C24H32N2O5/c1-4-5-6-21-20-14-19(8-10-22(20)31-26-21)30-16-18(27)15-25-12-11-17-7-9-23(28-2)24(13-17)29-3/h7-10,13-14,18,25,27H,4-6,11-12,15-16H2,1-3H3. The number of ether oxygens (including phenoxy) is 3. The van der Waals surface area contributed by atoms with Crippen LogP contribution in [0.4, 0.5) is 0 Å². The van der Waals surface area contributed by atoms with Gasteiger partial charge in [0.05, 0.1) is 19.9 Å². The van der Waals surface area contributed by atoms with Gasteiger partial charge in [0.15, 0.2) is 17.1 Å². The summed E-state index contributed by atoms with van der Waals surface area (Å²) in [4.78, 5) is 0. The van der Waals surface area contributed by atoms with Crippen LogP contribution in [-0.4, -0.2) is 50.3 Å². The van der Waals surface area contributed by atoms with Crippen molar-refractivity contribution >= 4 is 11.0 Å². The summed E-state index contributed by atoms with van der Waals surface area (Å²) in [5, 5.41) is 18.7. The van der Waals surface area contributed by atoms with E-state index in [0.717, 1.165) is 60.2 Å². The maximum atomic E-state index is 10.2. The number of aryl methyl sites for hydroxylation is 1. The van der Waals surface area contributed by atoms with Gasteiger partial charge in [0, 0.05) is 11.9 Å². The molecule has 3 rings (SSSR count). The molecule has 0 radical (unpaired) electrons. The smallest absolute Gasteiger partial charge is 0.167 e. The predicted molar refractivity (Wildman–Crippen MR) is 120 cm³/mol. The van der Waals surface area contributed by atoms with Gasteiger partial charge in [-0.3, -0.25) is 0 Å². The first-order valence-corrected chi connectivity index (χ1v) is 10.7. The number of rotatable bonds is 13. The van der Waals surface area contributed by atoms with Crippen molar-refractivity contribution in [1.29, 1.82) is 0 Å². The van der Waals surface area contributed by atoms with Gasteiger partial charge in [0.2, 0.25) is 0 Å². The Bertz CT molecular complexity index is 956. The van der Waals surface area contributed by atoms with Crippen LogP contribution in [-0.2, 0) is 12.8 Å². The summed E-state index contributed by atoms with van der Waals surface area (Å²) in [7, 11) is 3.25. The SMILES string of the molecule is CCCCc1noc2ccc(OCC(O)CNCCc3ccc(OC)c(OC)c3)cc12. The quantitative estimate of drug-likeness (QED) is 0.401. The molecule has 0 aliphatic heterocycles. The minimum atomic E-state index is -0.608. The highest BCUT2D eigenvalue weighted by atomic mass is 16.5. The Morgan fingerprint density at radius 3 is 2.68 bits per heavy atom. The van der Waals surface area contributed by atoms with E-state index in [1.165, 1.54) is 0 Å². The van der Waals surface area contributed by atoms with E-state index in [9.17, 15) is 5.11 Å². The fourth-order valence-corrected chi connectivity index (χ4v) is 3.37. The third-order valence-corrected chi connectivity index (χ3v) is 5.14. The van der Waals surface area contributed by atoms with Crippen molar-refractivity contribution in [2.75, 3.05) is 33.9 Å². The van der Waals surface area contributed by atoms with Gasteiger partial charge in [-0.2, -0.15) is 0 Å². The lowest BCUT2D eigenvalue weighted by molar-refractivity contribution is 0.107. The summed E-state index contributed by atoms with van der Waals surface area (Å²) in [5.74, 6) is 2.14. The highest BCUT2D eigenvalue weighted by Gasteiger charge is 2.11. The molecule has 0 aliphatic rings. The molecule has 0 saturated heterocycles. The van der Waals surface area contributed by atoms with Gasteiger partial charge in [-0.25, -0.2) is 0 Å². The molecule has 1 heterocycles. The largest absolute Gasteiger partial charge is 0.493 e. The molecule has 168 valence electrons. The number of hydrogen-bond acceptors (Lipinski definition) is 7. The van der Waals surface area contributed by atoms with Crippen LogP contribution in [0.15, 0.2) is 40.9 Å². The zero-order valence-electron chi connectivity index (χ0n) is 18.5. The molecule has 2 aromatic carbocycles. The number of aromatic nitrogens is 1. The second kappa shape index (κ2) is 11.6. The lowest BCUT2D eigenvalue weighted by atomic mass is 10.1. The Labute approximate surface area is 183 Å². The third kappa shape index (κ3) is 6.35. The van der Waals surface area contributed by atoms with Gasteiger partial charge in [-0.05, 0) is 61.7 Å². The summed E-state index contributed by atoms with van der Waals surface area (Å²) in [6.45, 7) is 3.55. The number of hydrogen-bond donors (Lipinski definition) is 2. The van der Waals surface area contributed by atoms with E-state index < -0.39 is 6.10 Å². The minimum absolute atomic E-state index is 0.213. The van der Waals surface area contributed by atoms with Gasteiger partial charge >= 0.3 is 0 Å². The van der Waals surface area contributed by atoms with Crippen LogP contribution in [0.5, 0.6) is 17.2 Å². The number of methoxy groups -OCH3 is 2. The Morgan fingerprint density at radius 2 is 1.90 bits per heavy atom. The lowest BCUT2D eigenvalue weighted by Crippen LogP contribution is -2.32.